The molecule has 0 aliphatic heterocycles. The molecule has 0 saturated carbocycles. The largest absolute Gasteiger partial charge is 0.341 e. The van der Waals surface area contributed by atoms with E-state index in [1.165, 1.54) is 0 Å². The Morgan fingerprint density at radius 2 is 2.29 bits per heavy atom. The zero-order chi connectivity index (χ0) is 12.8. The van der Waals surface area contributed by atoms with Gasteiger partial charge in [0.05, 0.1) is 11.6 Å². The van der Waals surface area contributed by atoms with E-state index in [0.717, 1.165) is 5.56 Å². The number of nitrogens with zero attached hydrogens (tertiary/aromatic N) is 2. The van der Waals surface area contributed by atoms with E-state index in [0.29, 0.717) is 18.5 Å². The van der Waals surface area contributed by atoms with Crippen LogP contribution in [0, 0.1) is 11.3 Å². The van der Waals surface area contributed by atoms with Crippen molar-refractivity contribution < 1.29 is 4.79 Å². The highest BCUT2D eigenvalue weighted by Gasteiger charge is 2.11. The van der Waals surface area contributed by atoms with Crippen LogP contribution in [-0.4, -0.2) is 23.9 Å². The van der Waals surface area contributed by atoms with Gasteiger partial charge < -0.3 is 10.6 Å². The molecule has 90 valence electrons. The van der Waals surface area contributed by atoms with Crippen molar-refractivity contribution in [2.45, 2.75) is 25.9 Å². The van der Waals surface area contributed by atoms with Crippen LogP contribution in [0.1, 0.15) is 24.5 Å². The van der Waals surface area contributed by atoms with E-state index in [9.17, 15) is 4.79 Å². The molecule has 1 atom stereocenters. The lowest BCUT2D eigenvalue weighted by atomic mass is 10.1. The summed E-state index contributed by atoms with van der Waals surface area (Å²) in [6.45, 7) is 2.31. The molecule has 0 bridgehead atoms. The Morgan fingerprint density at radius 1 is 1.59 bits per heavy atom. The van der Waals surface area contributed by atoms with Gasteiger partial charge in [-0.15, -0.1) is 0 Å². The molecule has 0 fully saturated rings. The van der Waals surface area contributed by atoms with Gasteiger partial charge in [-0.1, -0.05) is 12.1 Å². The van der Waals surface area contributed by atoms with E-state index in [4.69, 9.17) is 11.0 Å². The molecule has 17 heavy (non-hydrogen) atoms. The van der Waals surface area contributed by atoms with Gasteiger partial charge in [0, 0.05) is 26.1 Å². The second kappa shape index (κ2) is 6.02. The molecule has 0 aliphatic rings. The van der Waals surface area contributed by atoms with Crippen LogP contribution in [0.3, 0.4) is 0 Å². The first kappa shape index (κ1) is 13.2. The molecule has 0 aliphatic carbocycles. The van der Waals surface area contributed by atoms with Gasteiger partial charge in [-0.3, -0.25) is 4.79 Å². The predicted molar refractivity (Wildman–Crippen MR) is 65.9 cm³/mol. The number of nitrogens with two attached hydrogens (primary N) is 1. The Bertz CT molecular complexity index is 435. The molecule has 1 aromatic rings. The van der Waals surface area contributed by atoms with Crippen LogP contribution >= 0.6 is 0 Å². The van der Waals surface area contributed by atoms with Crippen molar-refractivity contribution in [3.05, 3.63) is 35.4 Å². The van der Waals surface area contributed by atoms with Crippen LogP contribution in [-0.2, 0) is 11.3 Å². The highest BCUT2D eigenvalue weighted by molar-refractivity contribution is 5.76. The molecule has 2 N–H and O–H groups in total. The van der Waals surface area contributed by atoms with Gasteiger partial charge in [0.25, 0.3) is 0 Å². The second-order valence-electron chi connectivity index (χ2n) is 4.24. The van der Waals surface area contributed by atoms with Gasteiger partial charge in [-0.2, -0.15) is 5.26 Å². The number of benzene rings is 1. The van der Waals surface area contributed by atoms with Crippen molar-refractivity contribution in [2.24, 2.45) is 5.73 Å². The summed E-state index contributed by atoms with van der Waals surface area (Å²) in [6, 6.07) is 9.20. The summed E-state index contributed by atoms with van der Waals surface area (Å²) in [5.41, 5.74) is 7.14. The van der Waals surface area contributed by atoms with E-state index in [1.54, 1.807) is 24.1 Å². The number of hydrogen-bond donors (Lipinski definition) is 1. The first-order valence-corrected chi connectivity index (χ1v) is 5.51. The van der Waals surface area contributed by atoms with E-state index < -0.39 is 0 Å². The van der Waals surface area contributed by atoms with E-state index in [1.807, 2.05) is 19.1 Å². The maximum absolute atomic E-state index is 11.7. The highest BCUT2D eigenvalue weighted by atomic mass is 16.2. The molecular formula is C13H17N3O. The average Bonchev–Trinajstić information content (AvgIpc) is 2.28. The lowest BCUT2D eigenvalue weighted by molar-refractivity contribution is -0.130. The maximum atomic E-state index is 11.7. The smallest absolute Gasteiger partial charge is 0.224 e. The van der Waals surface area contributed by atoms with Gasteiger partial charge in [-0.25, -0.2) is 0 Å². The van der Waals surface area contributed by atoms with Crippen LogP contribution in [0.4, 0.5) is 0 Å². The molecule has 0 radical (unpaired) electrons. The van der Waals surface area contributed by atoms with E-state index in [-0.39, 0.29) is 11.9 Å². The van der Waals surface area contributed by atoms with E-state index in [2.05, 4.69) is 6.07 Å². The zero-order valence-corrected chi connectivity index (χ0v) is 10.2. The minimum Gasteiger partial charge on any atom is -0.341 e. The van der Waals surface area contributed by atoms with Crippen LogP contribution in [0.25, 0.3) is 0 Å². The molecule has 4 heteroatoms. The first-order chi connectivity index (χ1) is 8.02. The molecule has 1 amide bonds. The van der Waals surface area contributed by atoms with Gasteiger partial charge >= 0.3 is 0 Å². The Labute approximate surface area is 102 Å². The molecule has 4 nitrogen and oxygen atoms in total. The highest BCUT2D eigenvalue weighted by Crippen LogP contribution is 2.07. The van der Waals surface area contributed by atoms with Crippen molar-refractivity contribution in [2.75, 3.05) is 7.05 Å². The van der Waals surface area contributed by atoms with Crippen molar-refractivity contribution in [3.63, 3.8) is 0 Å². The predicted octanol–water partition coefficient (Wildman–Crippen LogP) is 1.25. The summed E-state index contributed by atoms with van der Waals surface area (Å²) >= 11 is 0. The Balaban J connectivity index is 2.64. The third-order valence-corrected chi connectivity index (χ3v) is 2.40. The number of amides is 1. The SMILES string of the molecule is CC(N)CC(=O)N(C)Cc1cccc(C#N)c1. The number of rotatable bonds is 4. The molecule has 0 aromatic heterocycles. The lowest BCUT2D eigenvalue weighted by Gasteiger charge is -2.18. The molecule has 0 spiro atoms. The van der Waals surface area contributed by atoms with Crippen molar-refractivity contribution >= 4 is 5.91 Å². The quantitative estimate of drug-likeness (QED) is 0.847. The molecular weight excluding hydrogens is 214 g/mol. The Hall–Kier alpha value is -1.86. The standard InChI is InChI=1S/C13H17N3O/c1-10(15)6-13(17)16(2)9-12-5-3-4-11(7-12)8-14/h3-5,7,10H,6,9,15H2,1-2H3. The summed E-state index contributed by atoms with van der Waals surface area (Å²) in [5, 5.41) is 8.78. The van der Waals surface area contributed by atoms with Crippen molar-refractivity contribution in [1.82, 2.24) is 4.90 Å². The average molecular weight is 231 g/mol. The van der Waals surface area contributed by atoms with Gasteiger partial charge in [-0.05, 0) is 24.6 Å². The van der Waals surface area contributed by atoms with Gasteiger partial charge in [0.2, 0.25) is 5.91 Å². The topological polar surface area (TPSA) is 70.1 Å². The number of carbonyl (C=O) groups is 1. The summed E-state index contributed by atoms with van der Waals surface area (Å²) in [5.74, 6) is 0.0161. The summed E-state index contributed by atoms with van der Waals surface area (Å²) in [4.78, 5) is 13.3. The van der Waals surface area contributed by atoms with Crippen LogP contribution in [0.5, 0.6) is 0 Å². The summed E-state index contributed by atoms with van der Waals surface area (Å²) < 4.78 is 0. The molecule has 1 unspecified atom stereocenters. The Morgan fingerprint density at radius 3 is 2.88 bits per heavy atom. The zero-order valence-electron chi connectivity index (χ0n) is 10.2. The van der Waals surface area contributed by atoms with Gasteiger partial charge in [0.15, 0.2) is 0 Å². The molecule has 1 rings (SSSR count). The van der Waals surface area contributed by atoms with Crippen LogP contribution in [0.15, 0.2) is 24.3 Å². The minimum absolute atomic E-state index is 0.0161. The monoisotopic (exact) mass is 231 g/mol. The molecule has 0 saturated heterocycles. The summed E-state index contributed by atoms with van der Waals surface area (Å²) in [6.07, 6.45) is 0.342. The third kappa shape index (κ3) is 4.25. The van der Waals surface area contributed by atoms with Crippen molar-refractivity contribution in [1.29, 1.82) is 5.26 Å². The molecule has 0 heterocycles. The van der Waals surface area contributed by atoms with Crippen LogP contribution in [0.2, 0.25) is 0 Å². The first-order valence-electron chi connectivity index (χ1n) is 5.51. The number of nitriles is 1. The fourth-order valence-corrected chi connectivity index (χ4v) is 1.53. The fourth-order valence-electron chi connectivity index (χ4n) is 1.53. The fraction of sp³-hybridized carbons (Fsp3) is 0.385. The summed E-state index contributed by atoms with van der Waals surface area (Å²) in [7, 11) is 1.74. The van der Waals surface area contributed by atoms with Crippen molar-refractivity contribution in [3.8, 4) is 6.07 Å². The second-order valence-corrected chi connectivity index (χ2v) is 4.24. The van der Waals surface area contributed by atoms with Gasteiger partial charge in [0.1, 0.15) is 0 Å². The number of hydrogen-bond acceptors (Lipinski definition) is 3. The third-order valence-electron chi connectivity index (χ3n) is 2.40. The minimum atomic E-state index is -0.129. The lowest BCUT2D eigenvalue weighted by Crippen LogP contribution is -2.31. The van der Waals surface area contributed by atoms with E-state index >= 15 is 0 Å². The van der Waals surface area contributed by atoms with Crippen LogP contribution < -0.4 is 5.73 Å². The normalized spacial score (nSPS) is 11.6. The Kier molecular flexibility index (Phi) is 4.68. The number of carbonyl (C=O) groups excluding carboxylic acids is 1. The maximum Gasteiger partial charge on any atom is 0.224 e. The molecule has 1 aromatic carbocycles.